The number of hydrogen-bond acceptors (Lipinski definition) is 0. The van der Waals surface area contributed by atoms with E-state index in [0.29, 0.717) is 1.43 Å². The Hall–Kier alpha value is 1.46. The van der Waals surface area contributed by atoms with Crippen molar-refractivity contribution in [1.82, 2.24) is 0 Å². The summed E-state index contributed by atoms with van der Waals surface area (Å²) in [5.74, 6) is 0. The van der Waals surface area contributed by atoms with Gasteiger partial charge in [-0.1, -0.05) is 52.1 Å². The number of hydrogen-bond donors (Lipinski definition) is 0. The zero-order valence-electron chi connectivity index (χ0n) is 3.96. The van der Waals surface area contributed by atoms with Crippen molar-refractivity contribution in [2.45, 2.75) is 21.7 Å². The van der Waals surface area contributed by atoms with Gasteiger partial charge in [0.25, 0.3) is 0 Å². The van der Waals surface area contributed by atoms with Crippen molar-refractivity contribution in [3.63, 3.8) is 0 Å². The van der Waals surface area contributed by atoms with E-state index in [1.54, 1.807) is 0 Å². The first kappa shape index (κ1) is 7.46. The fourth-order valence-corrected chi connectivity index (χ4v) is 0. The van der Waals surface area contributed by atoms with Gasteiger partial charge in [0.05, 0.1) is 1.43 Å². The fourth-order valence-electron chi connectivity index (χ4n) is 0. The van der Waals surface area contributed by atoms with Crippen LogP contribution in [0.3, 0.4) is 0 Å². The van der Waals surface area contributed by atoms with Gasteiger partial charge in [0.2, 0.25) is 0 Å². The third-order valence-corrected chi connectivity index (χ3v) is 2.15. The lowest BCUT2D eigenvalue weighted by atomic mass is 10.4. The first-order valence-corrected chi connectivity index (χ1v) is 4.10. The molecule has 0 amide bonds. The maximum atomic E-state index is 2.43. The predicted molar refractivity (Wildman–Crippen MR) is 46.7 cm³/mol. The Balaban J connectivity index is 3.17. The van der Waals surface area contributed by atoms with Gasteiger partial charge >= 0.3 is 0 Å². The van der Waals surface area contributed by atoms with Crippen LogP contribution in [0.1, 0.15) is 20.3 Å². The van der Waals surface area contributed by atoms with E-state index in [1.165, 1.54) is 6.42 Å². The van der Waals surface area contributed by atoms with Crippen molar-refractivity contribution < 1.29 is 0 Å². The zero-order valence-corrected chi connectivity index (χ0v) is 8.28. The summed E-state index contributed by atoms with van der Waals surface area (Å²) in [5, 5.41) is 0. The minimum absolute atomic E-state index is 0.482. The third-order valence-electron chi connectivity index (χ3n) is 0.621. The maximum Gasteiger partial charge on any atom is 0.0704 e. The molecule has 2 heteroatoms. The van der Waals surface area contributed by atoms with Crippen LogP contribution in [0.4, 0.5) is 0 Å². The van der Waals surface area contributed by atoms with Gasteiger partial charge in [0, 0.05) is 0 Å². The number of halogens is 2. The highest BCUT2D eigenvalue weighted by Crippen LogP contribution is 2.29. The summed E-state index contributed by atoms with van der Waals surface area (Å²) in [6, 6.07) is 0. The molecular weight excluding hydrogens is 302 g/mol. The lowest BCUT2D eigenvalue weighted by molar-refractivity contribution is 0.912. The van der Waals surface area contributed by atoms with Crippen LogP contribution in [0.15, 0.2) is 0 Å². The van der Waals surface area contributed by atoms with Crippen LogP contribution < -0.4 is 0 Å². The third kappa shape index (κ3) is 5.46. The Kier molecular flexibility index (Phi) is 3.35. The molecule has 0 rings (SSSR count). The highest BCUT2D eigenvalue weighted by atomic mass is 127. The molecular formula is C4H8I2. The molecule has 0 heterocycles. The van der Waals surface area contributed by atoms with Crippen molar-refractivity contribution in [2.75, 3.05) is 0 Å². The van der Waals surface area contributed by atoms with Crippen LogP contribution in [0.5, 0.6) is 0 Å². The second-order valence-electron chi connectivity index (χ2n) is 1.42. The molecule has 0 atom stereocenters. The molecule has 0 aromatic carbocycles. The second kappa shape index (κ2) is 2.69. The summed E-state index contributed by atoms with van der Waals surface area (Å²) in [6.45, 7) is 4.41. The SMILES string of the molecule is CCC(C)(I)I. The molecule has 0 N–H and O–H groups in total. The van der Waals surface area contributed by atoms with Crippen LogP contribution in [-0.2, 0) is 0 Å². The van der Waals surface area contributed by atoms with Gasteiger partial charge < -0.3 is 0 Å². The lowest BCUT2D eigenvalue weighted by Crippen LogP contribution is -1.98. The van der Waals surface area contributed by atoms with Gasteiger partial charge in [-0.25, -0.2) is 0 Å². The number of alkyl halides is 2. The molecule has 0 radical (unpaired) electrons. The minimum Gasteiger partial charge on any atom is -0.0675 e. The second-order valence-corrected chi connectivity index (χ2v) is 8.25. The van der Waals surface area contributed by atoms with E-state index in [9.17, 15) is 0 Å². The van der Waals surface area contributed by atoms with E-state index in [4.69, 9.17) is 0 Å². The largest absolute Gasteiger partial charge is 0.0704 e. The fraction of sp³-hybridized carbons (Fsp3) is 1.00. The lowest BCUT2D eigenvalue weighted by Gasteiger charge is -2.07. The Labute approximate surface area is 66.4 Å². The molecule has 0 nitrogen and oxygen atoms in total. The average Bonchev–Trinajstić information content (AvgIpc) is 1.35. The molecule has 0 aromatic rings. The summed E-state index contributed by atoms with van der Waals surface area (Å²) in [4.78, 5) is 0. The van der Waals surface area contributed by atoms with E-state index in [-0.39, 0.29) is 0 Å². The molecule has 0 spiro atoms. The van der Waals surface area contributed by atoms with Gasteiger partial charge in [0.1, 0.15) is 0 Å². The average molecular weight is 310 g/mol. The van der Waals surface area contributed by atoms with Crippen molar-refractivity contribution in [3.8, 4) is 0 Å². The first-order chi connectivity index (χ1) is 2.56. The minimum atomic E-state index is 0.482. The molecule has 38 valence electrons. The Morgan fingerprint density at radius 2 is 1.67 bits per heavy atom. The maximum absolute atomic E-state index is 2.43. The van der Waals surface area contributed by atoms with Crippen molar-refractivity contribution in [3.05, 3.63) is 0 Å². The smallest absolute Gasteiger partial charge is 0.0675 e. The van der Waals surface area contributed by atoms with Crippen molar-refractivity contribution in [1.29, 1.82) is 0 Å². The molecule has 0 aromatic heterocycles. The highest BCUT2D eigenvalue weighted by molar-refractivity contribution is 14.2. The molecule has 0 saturated heterocycles. The Morgan fingerprint density at radius 3 is 1.67 bits per heavy atom. The van der Waals surface area contributed by atoms with E-state index < -0.39 is 0 Å². The van der Waals surface area contributed by atoms with Gasteiger partial charge in [-0.15, -0.1) is 0 Å². The summed E-state index contributed by atoms with van der Waals surface area (Å²) in [5.41, 5.74) is 0. The monoisotopic (exact) mass is 310 g/mol. The standard InChI is InChI=1S/C4H8I2/c1-3-4(2,5)6/h3H2,1-2H3. The topological polar surface area (TPSA) is 0 Å². The molecule has 0 saturated carbocycles. The summed E-state index contributed by atoms with van der Waals surface area (Å²) >= 11 is 4.85. The molecule has 0 aliphatic carbocycles. The molecule has 0 aliphatic heterocycles. The van der Waals surface area contributed by atoms with Crippen molar-refractivity contribution >= 4 is 45.2 Å². The molecule has 0 unspecified atom stereocenters. The molecule has 0 bridgehead atoms. The van der Waals surface area contributed by atoms with Crippen LogP contribution in [0.25, 0.3) is 0 Å². The van der Waals surface area contributed by atoms with Crippen LogP contribution in [-0.4, -0.2) is 1.43 Å². The molecule has 0 aliphatic rings. The van der Waals surface area contributed by atoms with E-state index in [2.05, 4.69) is 59.0 Å². The van der Waals surface area contributed by atoms with E-state index in [0.717, 1.165) is 0 Å². The van der Waals surface area contributed by atoms with E-state index in [1.807, 2.05) is 0 Å². The summed E-state index contributed by atoms with van der Waals surface area (Å²) < 4.78 is 0.482. The molecule has 0 fully saturated rings. The number of rotatable bonds is 1. The van der Waals surface area contributed by atoms with Gasteiger partial charge in [-0.2, -0.15) is 0 Å². The Bertz CT molecular complexity index is 35.3. The van der Waals surface area contributed by atoms with Crippen molar-refractivity contribution in [2.24, 2.45) is 0 Å². The first-order valence-electron chi connectivity index (χ1n) is 1.94. The quantitative estimate of drug-likeness (QED) is 0.516. The summed E-state index contributed by atoms with van der Waals surface area (Å²) in [7, 11) is 0. The van der Waals surface area contributed by atoms with E-state index >= 15 is 0 Å². The van der Waals surface area contributed by atoms with Gasteiger partial charge in [-0.3, -0.25) is 0 Å². The predicted octanol–water partition coefficient (Wildman–Crippen LogP) is 2.98. The Morgan fingerprint density at radius 1 is 1.50 bits per heavy atom. The van der Waals surface area contributed by atoms with Crippen LogP contribution in [0.2, 0.25) is 0 Å². The zero-order chi connectivity index (χ0) is 5.21. The van der Waals surface area contributed by atoms with Crippen LogP contribution >= 0.6 is 45.2 Å². The normalized spacial score (nSPS) is 12.0. The highest BCUT2D eigenvalue weighted by Gasteiger charge is 2.08. The summed E-state index contributed by atoms with van der Waals surface area (Å²) in [6.07, 6.45) is 1.24. The van der Waals surface area contributed by atoms with Gasteiger partial charge in [0.15, 0.2) is 0 Å². The molecule has 6 heavy (non-hydrogen) atoms. The van der Waals surface area contributed by atoms with Crippen LogP contribution in [0, 0.1) is 0 Å². The van der Waals surface area contributed by atoms with Gasteiger partial charge in [-0.05, 0) is 13.3 Å².